The van der Waals surface area contributed by atoms with Crippen LogP contribution in [0.1, 0.15) is 37.1 Å². The summed E-state index contributed by atoms with van der Waals surface area (Å²) in [5, 5.41) is 21.5. The standard InChI is InChI=1S/C17H25N7O2S.CH2O2/c18-17-23-22-15(27-17)10-14(25)21-13-4-2-12(3-5-13)16(26)20-6-1-8-24-9-7-19-11-24;2-1-3/h7,9,11-13H,1-6,8,10H2,(H2,18,23)(H,20,26)(H,21,25);1H,(H,2,3). The molecule has 1 fully saturated rings. The molecule has 0 unspecified atom stereocenters. The topological polar surface area (TPSA) is 165 Å². The van der Waals surface area contributed by atoms with Crippen molar-refractivity contribution in [3.63, 3.8) is 0 Å². The molecule has 2 aromatic heterocycles. The Morgan fingerprint density at radius 1 is 1.30 bits per heavy atom. The minimum atomic E-state index is -0.250. The number of rotatable bonds is 8. The van der Waals surface area contributed by atoms with Crippen molar-refractivity contribution in [3.05, 3.63) is 23.7 Å². The van der Waals surface area contributed by atoms with E-state index in [2.05, 4.69) is 25.8 Å². The number of hydrogen-bond acceptors (Lipinski definition) is 8. The molecule has 0 atom stereocenters. The normalized spacial score (nSPS) is 18.0. The van der Waals surface area contributed by atoms with Crippen LogP contribution in [0.15, 0.2) is 18.7 Å². The van der Waals surface area contributed by atoms with E-state index in [0.717, 1.165) is 38.6 Å². The highest BCUT2D eigenvalue weighted by Gasteiger charge is 2.27. The summed E-state index contributed by atoms with van der Waals surface area (Å²) in [6.07, 6.45) is 9.74. The minimum Gasteiger partial charge on any atom is -0.483 e. The molecule has 2 amide bonds. The summed E-state index contributed by atoms with van der Waals surface area (Å²) in [7, 11) is 0. The molecule has 1 aliphatic carbocycles. The molecule has 1 saturated carbocycles. The number of nitrogens with one attached hydrogen (secondary N) is 2. The second-order valence-corrected chi connectivity index (χ2v) is 7.97. The van der Waals surface area contributed by atoms with Gasteiger partial charge < -0.3 is 26.0 Å². The highest BCUT2D eigenvalue weighted by Crippen LogP contribution is 2.24. The quantitative estimate of drug-likeness (QED) is 0.341. The lowest BCUT2D eigenvalue weighted by molar-refractivity contribution is -0.126. The molecule has 0 bridgehead atoms. The van der Waals surface area contributed by atoms with Gasteiger partial charge in [0.15, 0.2) is 0 Å². The molecule has 0 radical (unpaired) electrons. The number of hydrogen-bond donors (Lipinski definition) is 4. The molecule has 0 saturated heterocycles. The number of aryl methyl sites for hydroxylation is 1. The molecule has 12 heteroatoms. The fraction of sp³-hybridized carbons (Fsp3) is 0.556. The highest BCUT2D eigenvalue weighted by molar-refractivity contribution is 7.15. The van der Waals surface area contributed by atoms with E-state index in [1.165, 1.54) is 11.3 Å². The SMILES string of the molecule is Nc1nnc(CC(=O)NC2CCC(C(=O)NCCCn3ccnc3)CC2)s1.O=CO. The summed E-state index contributed by atoms with van der Waals surface area (Å²) in [4.78, 5) is 36.7. The van der Waals surface area contributed by atoms with Gasteiger partial charge in [0.1, 0.15) is 5.01 Å². The molecule has 3 rings (SSSR count). The van der Waals surface area contributed by atoms with Crippen molar-refractivity contribution in [2.75, 3.05) is 12.3 Å². The van der Waals surface area contributed by atoms with E-state index in [9.17, 15) is 9.59 Å². The molecule has 5 N–H and O–H groups in total. The van der Waals surface area contributed by atoms with Crippen LogP contribution < -0.4 is 16.4 Å². The van der Waals surface area contributed by atoms with Crippen LogP contribution in [-0.4, -0.2) is 55.7 Å². The number of nitrogens with zero attached hydrogens (tertiary/aromatic N) is 4. The molecule has 2 aromatic rings. The van der Waals surface area contributed by atoms with Gasteiger partial charge in [-0.1, -0.05) is 11.3 Å². The van der Waals surface area contributed by atoms with Gasteiger partial charge in [-0.15, -0.1) is 10.2 Å². The van der Waals surface area contributed by atoms with E-state index in [0.29, 0.717) is 16.7 Å². The van der Waals surface area contributed by atoms with E-state index in [-0.39, 0.29) is 36.7 Å². The first-order chi connectivity index (χ1) is 14.5. The lowest BCUT2D eigenvalue weighted by Gasteiger charge is -2.28. The van der Waals surface area contributed by atoms with Crippen LogP contribution in [0.4, 0.5) is 5.13 Å². The lowest BCUT2D eigenvalue weighted by Crippen LogP contribution is -2.41. The number of anilines is 1. The van der Waals surface area contributed by atoms with Crippen molar-refractivity contribution in [2.45, 2.75) is 51.1 Å². The fourth-order valence-corrected chi connectivity index (χ4v) is 3.90. The third kappa shape index (κ3) is 8.15. The second-order valence-electron chi connectivity index (χ2n) is 6.88. The van der Waals surface area contributed by atoms with Gasteiger partial charge in [0.25, 0.3) is 6.47 Å². The van der Waals surface area contributed by atoms with Gasteiger partial charge in [-0.25, -0.2) is 4.98 Å². The Morgan fingerprint density at radius 2 is 2.03 bits per heavy atom. The predicted octanol–water partition coefficient (Wildman–Crippen LogP) is 0.442. The number of carbonyl (C=O) groups excluding carboxylic acids is 2. The van der Waals surface area contributed by atoms with Crippen LogP contribution in [0.5, 0.6) is 0 Å². The van der Waals surface area contributed by atoms with E-state index < -0.39 is 0 Å². The van der Waals surface area contributed by atoms with E-state index >= 15 is 0 Å². The Morgan fingerprint density at radius 3 is 2.63 bits per heavy atom. The molecule has 2 heterocycles. The number of amides is 2. The number of nitrogen functional groups attached to an aromatic ring is 1. The monoisotopic (exact) mass is 437 g/mol. The summed E-state index contributed by atoms with van der Waals surface area (Å²) in [5.74, 6) is 0.0858. The Hall–Kier alpha value is -3.02. The van der Waals surface area contributed by atoms with Crippen molar-refractivity contribution in [2.24, 2.45) is 5.92 Å². The molecule has 30 heavy (non-hydrogen) atoms. The average Bonchev–Trinajstić information content (AvgIpc) is 3.38. The van der Waals surface area contributed by atoms with Crippen molar-refractivity contribution in [3.8, 4) is 0 Å². The first kappa shape index (κ1) is 23.3. The number of aromatic nitrogens is 4. The molecule has 0 aliphatic heterocycles. The zero-order valence-electron chi connectivity index (χ0n) is 16.6. The van der Waals surface area contributed by atoms with Crippen molar-refractivity contribution in [1.82, 2.24) is 30.4 Å². The van der Waals surface area contributed by atoms with Gasteiger partial charge in [0, 0.05) is 37.4 Å². The Kier molecular flexibility index (Phi) is 9.71. The molecule has 1 aliphatic rings. The van der Waals surface area contributed by atoms with Crippen LogP contribution in [0.2, 0.25) is 0 Å². The van der Waals surface area contributed by atoms with Gasteiger partial charge in [-0.3, -0.25) is 14.4 Å². The van der Waals surface area contributed by atoms with Gasteiger partial charge in [0.05, 0.1) is 12.7 Å². The first-order valence-electron chi connectivity index (χ1n) is 9.70. The minimum absolute atomic E-state index is 0.0364. The zero-order chi connectivity index (χ0) is 21.8. The maximum atomic E-state index is 12.3. The smallest absolute Gasteiger partial charge is 0.290 e. The van der Waals surface area contributed by atoms with Gasteiger partial charge in [0.2, 0.25) is 16.9 Å². The van der Waals surface area contributed by atoms with Gasteiger partial charge in [-0.2, -0.15) is 0 Å². The molecule has 11 nitrogen and oxygen atoms in total. The molecular formula is C18H27N7O4S. The second kappa shape index (κ2) is 12.5. The molecule has 0 aromatic carbocycles. The Labute approximate surface area is 178 Å². The number of nitrogens with two attached hydrogens (primary N) is 1. The number of carboxylic acid groups (broad SMARTS) is 1. The van der Waals surface area contributed by atoms with Crippen LogP contribution >= 0.6 is 11.3 Å². The van der Waals surface area contributed by atoms with E-state index in [1.807, 2.05) is 10.8 Å². The van der Waals surface area contributed by atoms with Crippen molar-refractivity contribution in [1.29, 1.82) is 0 Å². The predicted molar refractivity (Wildman–Crippen MR) is 110 cm³/mol. The zero-order valence-corrected chi connectivity index (χ0v) is 17.4. The Bertz CT molecular complexity index is 788. The maximum absolute atomic E-state index is 12.3. The summed E-state index contributed by atoms with van der Waals surface area (Å²) < 4.78 is 2.00. The summed E-state index contributed by atoms with van der Waals surface area (Å²) in [5.41, 5.74) is 5.52. The van der Waals surface area contributed by atoms with Gasteiger partial charge >= 0.3 is 0 Å². The molecule has 0 spiro atoms. The first-order valence-corrected chi connectivity index (χ1v) is 10.5. The van der Waals surface area contributed by atoms with Crippen LogP contribution in [-0.2, 0) is 27.3 Å². The van der Waals surface area contributed by atoms with Gasteiger partial charge in [-0.05, 0) is 32.1 Å². The van der Waals surface area contributed by atoms with Crippen molar-refractivity contribution >= 4 is 34.8 Å². The summed E-state index contributed by atoms with van der Waals surface area (Å²) in [6, 6.07) is 0.119. The highest BCUT2D eigenvalue weighted by atomic mass is 32.1. The van der Waals surface area contributed by atoms with E-state index in [1.54, 1.807) is 12.5 Å². The average molecular weight is 438 g/mol. The Balaban J connectivity index is 0.00000101. The lowest BCUT2D eigenvalue weighted by atomic mass is 9.85. The molecule has 164 valence electrons. The van der Waals surface area contributed by atoms with Crippen molar-refractivity contribution < 1.29 is 19.5 Å². The number of imidazole rings is 1. The van der Waals surface area contributed by atoms with Crippen LogP contribution in [0, 0.1) is 5.92 Å². The van der Waals surface area contributed by atoms with Crippen LogP contribution in [0.25, 0.3) is 0 Å². The maximum Gasteiger partial charge on any atom is 0.290 e. The van der Waals surface area contributed by atoms with Crippen LogP contribution in [0.3, 0.4) is 0 Å². The summed E-state index contributed by atoms with van der Waals surface area (Å²) >= 11 is 1.23. The van der Waals surface area contributed by atoms with E-state index in [4.69, 9.17) is 15.6 Å². The number of carbonyl (C=O) groups is 3. The third-order valence-electron chi connectivity index (χ3n) is 4.71. The summed E-state index contributed by atoms with van der Waals surface area (Å²) in [6.45, 7) is 1.26. The fourth-order valence-electron chi connectivity index (χ4n) is 3.29. The molecular weight excluding hydrogens is 410 g/mol. The third-order valence-corrected chi connectivity index (χ3v) is 5.46. The largest absolute Gasteiger partial charge is 0.483 e.